The SMILES string of the molecule is CNC(=O)C1OC(n2cnc3c(NCc4cc(Cl)ccc4OCc4c(C)noc4C)ncnc32)C(O)C1N=[N+]=[N-]. The van der Waals surface area contributed by atoms with Gasteiger partial charge >= 0.3 is 0 Å². The summed E-state index contributed by atoms with van der Waals surface area (Å²) in [7, 11) is 1.42. The number of amides is 1. The standard InChI is InChI=1S/C24H25ClN10O5/c1-11-15(12(2)40-33-11)8-38-16-5-4-14(25)6-13(16)7-28-21-18-22(30-9-29-21)35(10-31-18)24-19(36)17(32-34-26)20(39-24)23(37)27-3/h4-6,9-10,17,19-20,24,36H,7-8H2,1-3H3,(H,27,37)(H,28,29,30). The monoisotopic (exact) mass is 568 g/mol. The van der Waals surface area contributed by atoms with E-state index in [1.165, 1.54) is 24.3 Å². The molecule has 5 rings (SSSR count). The van der Waals surface area contributed by atoms with Gasteiger partial charge in [-0.2, -0.15) is 0 Å². The molecule has 4 aromatic rings. The number of fused-ring (bicyclic) bond motifs is 1. The average molecular weight is 569 g/mol. The Morgan fingerprint density at radius 2 is 2.15 bits per heavy atom. The van der Waals surface area contributed by atoms with Crippen molar-refractivity contribution in [2.45, 2.75) is 51.5 Å². The Morgan fingerprint density at radius 1 is 1.32 bits per heavy atom. The summed E-state index contributed by atoms with van der Waals surface area (Å²) in [6.45, 7) is 4.24. The zero-order valence-corrected chi connectivity index (χ0v) is 22.4. The Morgan fingerprint density at radius 3 is 2.88 bits per heavy atom. The van der Waals surface area contributed by atoms with Crippen molar-refractivity contribution < 1.29 is 23.9 Å². The molecule has 4 heterocycles. The molecule has 1 fully saturated rings. The van der Waals surface area contributed by atoms with Crippen LogP contribution in [0.2, 0.25) is 5.02 Å². The number of aryl methyl sites for hydroxylation is 2. The Labute approximate surface area is 232 Å². The van der Waals surface area contributed by atoms with Crippen LogP contribution in [-0.4, -0.2) is 61.0 Å². The number of benzene rings is 1. The van der Waals surface area contributed by atoms with Crippen molar-refractivity contribution in [2.24, 2.45) is 5.11 Å². The van der Waals surface area contributed by atoms with Gasteiger partial charge in [0, 0.05) is 29.1 Å². The number of carbonyl (C=O) groups is 1. The molecule has 0 aliphatic carbocycles. The Kier molecular flexibility index (Phi) is 7.71. The number of imidazole rings is 1. The van der Waals surface area contributed by atoms with Crippen molar-refractivity contribution >= 4 is 34.5 Å². The highest BCUT2D eigenvalue weighted by atomic mass is 35.5. The van der Waals surface area contributed by atoms with Crippen LogP contribution in [0.1, 0.15) is 28.8 Å². The lowest BCUT2D eigenvalue weighted by molar-refractivity contribution is -0.134. The second-order valence-electron chi connectivity index (χ2n) is 8.99. The first-order valence-electron chi connectivity index (χ1n) is 12.2. The number of likely N-dealkylation sites (N-methyl/N-ethyl adjacent to an activating group) is 1. The third-order valence-corrected chi connectivity index (χ3v) is 6.82. The van der Waals surface area contributed by atoms with E-state index >= 15 is 0 Å². The van der Waals surface area contributed by atoms with Crippen LogP contribution in [0.25, 0.3) is 21.6 Å². The Bertz CT molecular complexity index is 1580. The topological polar surface area (TPSA) is 198 Å². The number of ether oxygens (including phenoxy) is 2. The van der Waals surface area contributed by atoms with Crippen LogP contribution in [0.4, 0.5) is 5.82 Å². The lowest BCUT2D eigenvalue weighted by atomic mass is 10.1. The Hall–Kier alpha value is -4.43. The third kappa shape index (κ3) is 5.10. The van der Waals surface area contributed by atoms with Crippen molar-refractivity contribution in [3.63, 3.8) is 0 Å². The van der Waals surface area contributed by atoms with E-state index in [1.807, 2.05) is 13.8 Å². The molecule has 16 heteroatoms. The number of aliphatic hydroxyl groups excluding tert-OH is 1. The first kappa shape index (κ1) is 27.1. The molecule has 1 aromatic carbocycles. The summed E-state index contributed by atoms with van der Waals surface area (Å²) in [5, 5.41) is 24.6. The average Bonchev–Trinajstić information content (AvgIpc) is 3.62. The van der Waals surface area contributed by atoms with Gasteiger partial charge in [0.1, 0.15) is 42.7 Å². The number of azide groups is 1. The zero-order chi connectivity index (χ0) is 28.4. The predicted molar refractivity (Wildman–Crippen MR) is 141 cm³/mol. The number of anilines is 1. The van der Waals surface area contributed by atoms with Gasteiger partial charge < -0.3 is 29.7 Å². The normalized spacial score (nSPS) is 20.3. The highest BCUT2D eigenvalue weighted by Crippen LogP contribution is 2.34. The summed E-state index contributed by atoms with van der Waals surface area (Å²) in [4.78, 5) is 28.0. The molecule has 0 bridgehead atoms. The number of hydrogen-bond acceptors (Lipinski definition) is 11. The molecule has 3 aromatic heterocycles. The van der Waals surface area contributed by atoms with Gasteiger partial charge in [-0.3, -0.25) is 9.36 Å². The maximum atomic E-state index is 12.3. The number of carbonyl (C=O) groups excluding carboxylic acids is 1. The zero-order valence-electron chi connectivity index (χ0n) is 21.6. The van der Waals surface area contributed by atoms with Crippen LogP contribution in [0.3, 0.4) is 0 Å². The van der Waals surface area contributed by atoms with Crippen LogP contribution in [0.15, 0.2) is 40.5 Å². The molecular formula is C24H25ClN10O5. The summed E-state index contributed by atoms with van der Waals surface area (Å²) in [6.07, 6.45) is -0.855. The number of nitrogens with one attached hydrogen (secondary N) is 2. The summed E-state index contributed by atoms with van der Waals surface area (Å²) >= 11 is 6.27. The molecule has 0 radical (unpaired) electrons. The van der Waals surface area contributed by atoms with Crippen molar-refractivity contribution in [1.29, 1.82) is 0 Å². The summed E-state index contributed by atoms with van der Waals surface area (Å²) < 4.78 is 18.5. The molecule has 15 nitrogen and oxygen atoms in total. The fourth-order valence-corrected chi connectivity index (χ4v) is 4.66. The minimum absolute atomic E-state index is 0.273. The van der Waals surface area contributed by atoms with Gasteiger partial charge in [0.2, 0.25) is 5.91 Å². The van der Waals surface area contributed by atoms with E-state index in [0.29, 0.717) is 33.5 Å². The molecule has 4 unspecified atom stereocenters. The molecule has 208 valence electrons. The van der Waals surface area contributed by atoms with Crippen molar-refractivity contribution in [3.05, 3.63) is 68.9 Å². The minimum atomic E-state index is -1.33. The number of nitrogens with zero attached hydrogens (tertiary/aromatic N) is 8. The van der Waals surface area contributed by atoms with Crippen LogP contribution in [-0.2, 0) is 22.7 Å². The molecule has 1 aliphatic heterocycles. The molecule has 4 atom stereocenters. The lowest BCUT2D eigenvalue weighted by Gasteiger charge is -2.17. The molecule has 0 saturated carbocycles. The maximum Gasteiger partial charge on any atom is 0.249 e. The summed E-state index contributed by atoms with van der Waals surface area (Å²) in [6, 6.07) is 4.16. The molecule has 1 saturated heterocycles. The van der Waals surface area contributed by atoms with Gasteiger partial charge in [-0.1, -0.05) is 21.9 Å². The van der Waals surface area contributed by atoms with Crippen LogP contribution < -0.4 is 15.4 Å². The predicted octanol–water partition coefficient (Wildman–Crippen LogP) is 2.96. The smallest absolute Gasteiger partial charge is 0.249 e. The highest BCUT2D eigenvalue weighted by Gasteiger charge is 2.48. The van der Waals surface area contributed by atoms with Crippen molar-refractivity contribution in [2.75, 3.05) is 12.4 Å². The molecule has 0 spiro atoms. The number of aromatic nitrogens is 5. The van der Waals surface area contributed by atoms with E-state index in [-0.39, 0.29) is 13.2 Å². The first-order chi connectivity index (χ1) is 19.3. The highest BCUT2D eigenvalue weighted by molar-refractivity contribution is 6.30. The van der Waals surface area contributed by atoms with E-state index < -0.39 is 30.4 Å². The number of halogens is 1. The van der Waals surface area contributed by atoms with Crippen LogP contribution >= 0.6 is 11.6 Å². The quantitative estimate of drug-likeness (QED) is 0.153. The third-order valence-electron chi connectivity index (χ3n) is 6.58. The molecule has 1 amide bonds. The van der Waals surface area contributed by atoms with E-state index in [4.69, 9.17) is 31.1 Å². The fourth-order valence-electron chi connectivity index (χ4n) is 4.47. The first-order valence-corrected chi connectivity index (χ1v) is 12.5. The Balaban J connectivity index is 1.38. The number of hydrogen-bond donors (Lipinski definition) is 3. The van der Waals surface area contributed by atoms with Gasteiger partial charge in [-0.15, -0.1) is 0 Å². The molecule has 1 aliphatic rings. The van der Waals surface area contributed by atoms with Gasteiger partial charge in [-0.25, -0.2) is 15.0 Å². The van der Waals surface area contributed by atoms with E-state index in [0.717, 1.165) is 16.8 Å². The van der Waals surface area contributed by atoms with Crippen molar-refractivity contribution in [3.8, 4) is 5.75 Å². The second-order valence-corrected chi connectivity index (χ2v) is 9.43. The van der Waals surface area contributed by atoms with E-state index in [9.17, 15) is 9.90 Å². The molecule has 3 N–H and O–H groups in total. The minimum Gasteiger partial charge on any atom is -0.488 e. The molecule has 40 heavy (non-hydrogen) atoms. The fraction of sp³-hybridized carbons (Fsp3) is 0.375. The van der Waals surface area contributed by atoms with E-state index in [1.54, 1.807) is 18.2 Å². The van der Waals surface area contributed by atoms with Gasteiger partial charge in [0.15, 0.2) is 23.2 Å². The number of aliphatic hydroxyl groups is 1. The van der Waals surface area contributed by atoms with Crippen molar-refractivity contribution in [1.82, 2.24) is 30.0 Å². The number of rotatable bonds is 9. The van der Waals surface area contributed by atoms with Gasteiger partial charge in [0.05, 0.1) is 17.6 Å². The largest absolute Gasteiger partial charge is 0.488 e. The summed E-state index contributed by atoms with van der Waals surface area (Å²) in [5.41, 5.74) is 12.0. The van der Waals surface area contributed by atoms with Crippen LogP contribution in [0, 0.1) is 13.8 Å². The van der Waals surface area contributed by atoms with E-state index in [2.05, 4.69) is 40.8 Å². The van der Waals surface area contributed by atoms with Gasteiger partial charge in [0.25, 0.3) is 0 Å². The second kappa shape index (κ2) is 11.4. The lowest BCUT2D eigenvalue weighted by Crippen LogP contribution is -2.40. The molecular weight excluding hydrogens is 544 g/mol. The van der Waals surface area contributed by atoms with Gasteiger partial charge in [-0.05, 0) is 37.6 Å². The summed E-state index contributed by atoms with van der Waals surface area (Å²) in [5.74, 6) is 1.17. The van der Waals surface area contributed by atoms with Crippen LogP contribution in [0.5, 0.6) is 5.75 Å². The maximum absolute atomic E-state index is 12.3.